The van der Waals surface area contributed by atoms with Crippen LogP contribution in [-0.2, 0) is 12.6 Å². The Morgan fingerprint density at radius 2 is 1.50 bits per heavy atom. The molecule has 2 nitrogen and oxygen atoms in total. The van der Waals surface area contributed by atoms with Crippen molar-refractivity contribution in [1.29, 1.82) is 0 Å². The van der Waals surface area contributed by atoms with Gasteiger partial charge >= 0.3 is 12.1 Å². The van der Waals surface area contributed by atoms with Crippen molar-refractivity contribution in [3.63, 3.8) is 0 Å². The maximum Gasteiger partial charge on any atom is 0.422 e. The van der Waals surface area contributed by atoms with Gasteiger partial charge in [-0.15, -0.1) is 0 Å². The number of rotatable bonds is 8. The van der Waals surface area contributed by atoms with Gasteiger partial charge in [0.25, 0.3) is 0 Å². The molecule has 0 aromatic heterocycles. The summed E-state index contributed by atoms with van der Waals surface area (Å²) in [6.07, 6.45) is -0.0000175. The molecule has 0 saturated carbocycles. The summed E-state index contributed by atoms with van der Waals surface area (Å²) in [6, 6.07) is 5.24. The summed E-state index contributed by atoms with van der Waals surface area (Å²) in [4.78, 5) is 12.4. The standard InChI is InChI=1S/C25H21F7O2/c1-2-3-4-5-6-7-14-10-18(26)21(19(27)11-14)24(33)34-16-8-9-17-15(12-16)13-20(28)22(23(17)29)25(30,31)32/h8-13H,2-7H2,1H3. The summed E-state index contributed by atoms with van der Waals surface area (Å²) in [5.41, 5.74) is -2.60. The maximum atomic E-state index is 14.5. The lowest BCUT2D eigenvalue weighted by Gasteiger charge is -2.12. The Balaban J connectivity index is 1.80. The summed E-state index contributed by atoms with van der Waals surface area (Å²) in [7, 11) is 0. The zero-order chi connectivity index (χ0) is 25.0. The van der Waals surface area contributed by atoms with Crippen LogP contribution in [0.1, 0.15) is 60.5 Å². The number of hydrogen-bond acceptors (Lipinski definition) is 2. The molecule has 0 bridgehead atoms. The van der Waals surface area contributed by atoms with Crippen LogP contribution in [0.25, 0.3) is 10.8 Å². The van der Waals surface area contributed by atoms with E-state index in [1.54, 1.807) is 0 Å². The molecule has 0 atom stereocenters. The van der Waals surface area contributed by atoms with Gasteiger partial charge in [-0.3, -0.25) is 0 Å². The highest BCUT2D eigenvalue weighted by molar-refractivity contribution is 5.93. The van der Waals surface area contributed by atoms with Gasteiger partial charge < -0.3 is 4.74 Å². The molecule has 0 saturated heterocycles. The van der Waals surface area contributed by atoms with Gasteiger partial charge in [0, 0.05) is 5.39 Å². The number of alkyl halides is 3. The first-order valence-corrected chi connectivity index (χ1v) is 10.7. The predicted octanol–water partition coefficient (Wildman–Crippen LogP) is 8.15. The van der Waals surface area contributed by atoms with Gasteiger partial charge in [0.2, 0.25) is 0 Å². The van der Waals surface area contributed by atoms with Crippen LogP contribution in [0.4, 0.5) is 30.7 Å². The third kappa shape index (κ3) is 5.69. The second kappa shape index (κ2) is 10.4. The molecule has 3 aromatic rings. The Hall–Kier alpha value is -3.10. The number of carbonyl (C=O) groups excluding carboxylic acids is 1. The average molecular weight is 486 g/mol. The minimum atomic E-state index is -5.25. The molecule has 0 aliphatic rings. The molecule has 0 unspecified atom stereocenters. The van der Waals surface area contributed by atoms with Gasteiger partial charge in [-0.2, -0.15) is 13.2 Å². The lowest BCUT2D eigenvalue weighted by molar-refractivity contribution is -0.142. The molecule has 0 amide bonds. The van der Waals surface area contributed by atoms with Crippen molar-refractivity contribution in [3.8, 4) is 5.75 Å². The minimum Gasteiger partial charge on any atom is -0.423 e. The van der Waals surface area contributed by atoms with Gasteiger partial charge in [-0.1, -0.05) is 32.6 Å². The highest BCUT2D eigenvalue weighted by atomic mass is 19.4. The number of aryl methyl sites for hydroxylation is 1. The van der Waals surface area contributed by atoms with Gasteiger partial charge in [0.15, 0.2) is 0 Å². The first kappa shape index (κ1) is 25.5. The Morgan fingerprint density at radius 3 is 2.12 bits per heavy atom. The Labute approximate surface area is 191 Å². The highest BCUT2D eigenvalue weighted by Crippen LogP contribution is 2.37. The summed E-state index contributed by atoms with van der Waals surface area (Å²) in [5.74, 6) is -7.65. The molecule has 0 radical (unpaired) electrons. The molecule has 9 heteroatoms. The molecule has 0 N–H and O–H groups in total. The van der Waals surface area contributed by atoms with E-state index in [-0.39, 0.29) is 11.1 Å². The fourth-order valence-electron chi connectivity index (χ4n) is 3.69. The smallest absolute Gasteiger partial charge is 0.422 e. The fourth-order valence-corrected chi connectivity index (χ4v) is 3.69. The van der Waals surface area contributed by atoms with E-state index in [0.29, 0.717) is 18.1 Å². The van der Waals surface area contributed by atoms with Gasteiger partial charge in [0.05, 0.1) is 0 Å². The minimum absolute atomic E-state index is 0.326. The van der Waals surface area contributed by atoms with E-state index in [4.69, 9.17) is 4.74 Å². The predicted molar refractivity (Wildman–Crippen MR) is 113 cm³/mol. The van der Waals surface area contributed by atoms with E-state index in [9.17, 15) is 35.5 Å². The molecular weight excluding hydrogens is 465 g/mol. The largest absolute Gasteiger partial charge is 0.423 e. The number of esters is 1. The summed E-state index contributed by atoms with van der Waals surface area (Å²) in [6.45, 7) is 2.07. The van der Waals surface area contributed by atoms with Gasteiger partial charge in [-0.25, -0.2) is 22.4 Å². The quantitative estimate of drug-likeness (QED) is 0.139. The molecule has 0 heterocycles. The Kier molecular flexibility index (Phi) is 7.84. The normalized spacial score (nSPS) is 11.8. The van der Waals surface area contributed by atoms with Gasteiger partial charge in [0.1, 0.15) is 40.1 Å². The van der Waals surface area contributed by atoms with Crippen molar-refractivity contribution in [2.75, 3.05) is 0 Å². The van der Waals surface area contributed by atoms with Crippen molar-refractivity contribution in [1.82, 2.24) is 0 Å². The molecule has 0 fully saturated rings. The topological polar surface area (TPSA) is 26.3 Å². The molecule has 34 heavy (non-hydrogen) atoms. The summed E-state index contributed by atoms with van der Waals surface area (Å²) in [5, 5.41) is -0.887. The van der Waals surface area contributed by atoms with E-state index >= 15 is 0 Å². The van der Waals surface area contributed by atoms with Crippen LogP contribution in [0.5, 0.6) is 5.75 Å². The molecular formula is C25H21F7O2. The zero-order valence-electron chi connectivity index (χ0n) is 18.2. The second-order valence-electron chi connectivity index (χ2n) is 7.92. The molecule has 3 aromatic carbocycles. The first-order valence-electron chi connectivity index (χ1n) is 10.7. The molecule has 0 aliphatic carbocycles. The first-order chi connectivity index (χ1) is 16.0. The summed E-state index contributed by atoms with van der Waals surface area (Å²) < 4.78 is 101. The number of carbonyl (C=O) groups is 1. The monoisotopic (exact) mass is 486 g/mol. The van der Waals surface area contributed by atoms with Crippen LogP contribution in [0.15, 0.2) is 36.4 Å². The van der Waals surface area contributed by atoms with Gasteiger partial charge in [-0.05, 0) is 60.2 Å². The number of ether oxygens (including phenoxy) is 1. The molecule has 0 spiro atoms. The van der Waals surface area contributed by atoms with Crippen molar-refractivity contribution in [2.45, 2.75) is 51.6 Å². The molecule has 182 valence electrons. The van der Waals surface area contributed by atoms with E-state index < -0.39 is 51.9 Å². The van der Waals surface area contributed by atoms with E-state index in [1.807, 2.05) is 0 Å². The number of benzene rings is 3. The van der Waals surface area contributed by atoms with Crippen molar-refractivity contribution >= 4 is 16.7 Å². The zero-order valence-corrected chi connectivity index (χ0v) is 18.2. The Bertz CT molecular complexity index is 1180. The van der Waals surface area contributed by atoms with Crippen molar-refractivity contribution in [2.24, 2.45) is 0 Å². The highest BCUT2D eigenvalue weighted by Gasteiger charge is 2.38. The SMILES string of the molecule is CCCCCCCc1cc(F)c(C(=O)Oc2ccc3c(F)c(C(F)(F)F)c(F)cc3c2)c(F)c1. The van der Waals surface area contributed by atoms with E-state index in [2.05, 4.69) is 6.92 Å². The van der Waals surface area contributed by atoms with E-state index in [1.165, 1.54) is 0 Å². The molecule has 3 rings (SSSR count). The fraction of sp³-hybridized carbons (Fsp3) is 0.320. The number of unbranched alkanes of at least 4 members (excludes halogenated alkanes) is 4. The number of fused-ring (bicyclic) bond motifs is 1. The number of halogens is 7. The van der Waals surface area contributed by atoms with Crippen LogP contribution >= 0.6 is 0 Å². The Morgan fingerprint density at radius 1 is 0.853 bits per heavy atom. The van der Waals surface area contributed by atoms with Crippen LogP contribution in [-0.4, -0.2) is 5.97 Å². The third-order valence-corrected chi connectivity index (χ3v) is 5.37. The second-order valence-corrected chi connectivity index (χ2v) is 7.92. The van der Waals surface area contributed by atoms with E-state index in [0.717, 1.165) is 62.4 Å². The lowest BCUT2D eigenvalue weighted by Crippen LogP contribution is -2.14. The maximum absolute atomic E-state index is 14.5. The third-order valence-electron chi connectivity index (χ3n) is 5.37. The van der Waals surface area contributed by atoms with Crippen molar-refractivity contribution < 1.29 is 40.3 Å². The van der Waals surface area contributed by atoms with Crippen LogP contribution in [0.3, 0.4) is 0 Å². The summed E-state index contributed by atoms with van der Waals surface area (Å²) >= 11 is 0. The number of hydrogen-bond donors (Lipinski definition) is 0. The van der Waals surface area contributed by atoms with Crippen LogP contribution < -0.4 is 4.74 Å². The molecule has 0 aliphatic heterocycles. The van der Waals surface area contributed by atoms with Crippen LogP contribution in [0.2, 0.25) is 0 Å². The average Bonchev–Trinajstić information content (AvgIpc) is 2.71. The van der Waals surface area contributed by atoms with Crippen molar-refractivity contribution in [3.05, 3.63) is 76.4 Å². The lowest BCUT2D eigenvalue weighted by atomic mass is 10.0. The van der Waals surface area contributed by atoms with Crippen LogP contribution in [0, 0.1) is 23.3 Å².